The van der Waals surface area contributed by atoms with Crippen LogP contribution >= 0.6 is 0 Å². The largest absolute Gasteiger partial charge is 0.494 e. The molecule has 0 fully saturated rings. The van der Waals surface area contributed by atoms with Crippen LogP contribution in [0.2, 0.25) is 0 Å². The summed E-state index contributed by atoms with van der Waals surface area (Å²) in [7, 11) is 0. The molecule has 0 radical (unpaired) electrons. The smallest absolute Gasteiger partial charge is 0.119 e. The highest BCUT2D eigenvalue weighted by Gasteiger charge is 2.05. The Morgan fingerprint density at radius 1 is 1.04 bits per heavy atom. The van der Waals surface area contributed by atoms with Crippen LogP contribution in [0.1, 0.15) is 42.9 Å². The summed E-state index contributed by atoms with van der Waals surface area (Å²) >= 11 is 0. The van der Waals surface area contributed by atoms with Crippen molar-refractivity contribution in [1.82, 2.24) is 9.55 Å². The lowest BCUT2D eigenvalue weighted by Crippen LogP contribution is -2.04. The zero-order valence-electron chi connectivity index (χ0n) is 15.0. The van der Waals surface area contributed by atoms with Crippen molar-refractivity contribution in [2.75, 3.05) is 6.61 Å². The maximum atomic E-state index is 5.86. The first-order valence-electron chi connectivity index (χ1n) is 8.69. The van der Waals surface area contributed by atoms with E-state index >= 15 is 0 Å². The Bertz CT molecular complexity index is 816. The highest BCUT2D eigenvalue weighted by Crippen LogP contribution is 2.20. The Balaban J connectivity index is 1.56. The minimum absolute atomic E-state index is 0.556. The fourth-order valence-corrected chi connectivity index (χ4v) is 2.87. The topological polar surface area (TPSA) is 27.1 Å². The second-order valence-electron chi connectivity index (χ2n) is 6.79. The molecule has 0 atom stereocenters. The maximum absolute atomic E-state index is 5.86. The van der Waals surface area contributed by atoms with Gasteiger partial charge in [-0.25, -0.2) is 4.98 Å². The van der Waals surface area contributed by atoms with Crippen molar-refractivity contribution < 1.29 is 4.74 Å². The van der Waals surface area contributed by atoms with Crippen LogP contribution in [0.25, 0.3) is 11.0 Å². The SMILES string of the molecule is Cc1cc2ncn(CCCOc3ccc(C(C)C)cc3)c2cc1C. The number of imidazole rings is 1. The highest BCUT2D eigenvalue weighted by molar-refractivity contribution is 5.77. The van der Waals surface area contributed by atoms with E-state index in [4.69, 9.17) is 4.74 Å². The number of fused-ring (bicyclic) bond motifs is 1. The summed E-state index contributed by atoms with van der Waals surface area (Å²) in [6.45, 7) is 10.3. The number of aryl methyl sites for hydroxylation is 3. The predicted molar refractivity (Wildman–Crippen MR) is 99.9 cm³/mol. The predicted octanol–water partition coefficient (Wildman–Crippen LogP) is 5.25. The van der Waals surface area contributed by atoms with Crippen LogP contribution < -0.4 is 4.74 Å². The van der Waals surface area contributed by atoms with Gasteiger partial charge in [-0.3, -0.25) is 0 Å². The average Bonchev–Trinajstić information content (AvgIpc) is 2.94. The molecule has 0 bridgehead atoms. The lowest BCUT2D eigenvalue weighted by atomic mass is 10.0. The van der Waals surface area contributed by atoms with Gasteiger partial charge in [-0.05, 0) is 67.1 Å². The number of hydrogen-bond acceptors (Lipinski definition) is 2. The summed E-state index contributed by atoms with van der Waals surface area (Å²) in [6.07, 6.45) is 2.89. The number of benzene rings is 2. The summed E-state index contributed by atoms with van der Waals surface area (Å²) in [4.78, 5) is 4.51. The maximum Gasteiger partial charge on any atom is 0.119 e. The van der Waals surface area contributed by atoms with Crippen LogP contribution in [0.3, 0.4) is 0 Å². The number of hydrogen-bond donors (Lipinski definition) is 0. The molecular formula is C21H26N2O. The Morgan fingerprint density at radius 3 is 2.46 bits per heavy atom. The molecule has 126 valence electrons. The Hall–Kier alpha value is -2.29. The lowest BCUT2D eigenvalue weighted by Gasteiger charge is -2.10. The molecule has 24 heavy (non-hydrogen) atoms. The van der Waals surface area contributed by atoms with E-state index in [0.717, 1.165) is 24.2 Å². The third-order valence-corrected chi connectivity index (χ3v) is 4.60. The standard InChI is InChI=1S/C21H26N2O/c1-15(2)18-6-8-19(9-7-18)24-11-5-10-23-14-22-20-12-16(3)17(4)13-21(20)23/h6-9,12-15H,5,10-11H2,1-4H3. The van der Waals surface area contributed by atoms with Crippen molar-refractivity contribution in [3.8, 4) is 5.75 Å². The second kappa shape index (κ2) is 7.08. The molecule has 0 aliphatic carbocycles. The molecule has 0 amide bonds. The average molecular weight is 322 g/mol. The van der Waals surface area contributed by atoms with Gasteiger partial charge in [0.1, 0.15) is 5.75 Å². The molecule has 3 aromatic rings. The summed E-state index contributed by atoms with van der Waals surface area (Å²) < 4.78 is 8.08. The summed E-state index contributed by atoms with van der Waals surface area (Å²) in [5, 5.41) is 0. The molecule has 3 heteroatoms. The molecule has 0 N–H and O–H groups in total. The van der Waals surface area contributed by atoms with Gasteiger partial charge in [0.05, 0.1) is 24.0 Å². The molecule has 1 aromatic heterocycles. The van der Waals surface area contributed by atoms with Crippen molar-refractivity contribution >= 4 is 11.0 Å². The van der Waals surface area contributed by atoms with Crippen LogP contribution in [0.5, 0.6) is 5.75 Å². The number of ether oxygens (including phenoxy) is 1. The minimum atomic E-state index is 0.556. The van der Waals surface area contributed by atoms with Crippen molar-refractivity contribution in [3.63, 3.8) is 0 Å². The molecule has 0 saturated heterocycles. The van der Waals surface area contributed by atoms with E-state index in [-0.39, 0.29) is 0 Å². The van der Waals surface area contributed by atoms with Crippen molar-refractivity contribution in [2.24, 2.45) is 0 Å². The lowest BCUT2D eigenvalue weighted by molar-refractivity contribution is 0.302. The summed E-state index contributed by atoms with van der Waals surface area (Å²) in [6, 6.07) is 12.8. The number of aromatic nitrogens is 2. The van der Waals surface area contributed by atoms with Gasteiger partial charge in [-0.1, -0.05) is 26.0 Å². The number of rotatable bonds is 6. The first-order chi connectivity index (χ1) is 11.5. The van der Waals surface area contributed by atoms with Gasteiger partial charge in [0.15, 0.2) is 0 Å². The quantitative estimate of drug-likeness (QED) is 0.580. The van der Waals surface area contributed by atoms with Crippen molar-refractivity contribution in [1.29, 1.82) is 0 Å². The van der Waals surface area contributed by atoms with Gasteiger partial charge in [-0.2, -0.15) is 0 Å². The number of nitrogens with zero attached hydrogens (tertiary/aromatic N) is 2. The Morgan fingerprint density at radius 2 is 1.75 bits per heavy atom. The molecule has 0 aliphatic heterocycles. The molecule has 1 heterocycles. The van der Waals surface area contributed by atoms with Crippen LogP contribution in [-0.4, -0.2) is 16.2 Å². The molecule has 0 spiro atoms. The first-order valence-corrected chi connectivity index (χ1v) is 8.69. The van der Waals surface area contributed by atoms with Crippen LogP contribution in [0.15, 0.2) is 42.7 Å². The van der Waals surface area contributed by atoms with Gasteiger partial charge >= 0.3 is 0 Å². The molecule has 3 nitrogen and oxygen atoms in total. The third kappa shape index (κ3) is 3.61. The second-order valence-corrected chi connectivity index (χ2v) is 6.79. The van der Waals surface area contributed by atoms with Crippen molar-refractivity contribution in [3.05, 3.63) is 59.4 Å². The van der Waals surface area contributed by atoms with Crippen molar-refractivity contribution in [2.45, 2.75) is 46.6 Å². The monoisotopic (exact) mass is 322 g/mol. The van der Waals surface area contributed by atoms with E-state index in [1.165, 1.54) is 22.2 Å². The van der Waals surface area contributed by atoms with E-state index in [1.54, 1.807) is 0 Å². The molecule has 2 aromatic carbocycles. The van der Waals surface area contributed by atoms with E-state index < -0.39 is 0 Å². The fraction of sp³-hybridized carbons (Fsp3) is 0.381. The summed E-state index contributed by atoms with van der Waals surface area (Å²) in [5.41, 5.74) is 6.23. The zero-order chi connectivity index (χ0) is 17.1. The first kappa shape index (κ1) is 16.6. The fourth-order valence-electron chi connectivity index (χ4n) is 2.87. The van der Waals surface area contributed by atoms with Crippen LogP contribution in [0.4, 0.5) is 0 Å². The summed E-state index contributed by atoms with van der Waals surface area (Å²) in [5.74, 6) is 1.50. The van der Waals surface area contributed by atoms with Gasteiger partial charge in [0.25, 0.3) is 0 Å². The normalized spacial score (nSPS) is 11.4. The van der Waals surface area contributed by atoms with E-state index in [1.807, 2.05) is 6.33 Å². The van der Waals surface area contributed by atoms with E-state index in [2.05, 4.69) is 73.6 Å². The highest BCUT2D eigenvalue weighted by atomic mass is 16.5. The van der Waals surface area contributed by atoms with Crippen LogP contribution in [-0.2, 0) is 6.54 Å². The van der Waals surface area contributed by atoms with Gasteiger partial charge in [0.2, 0.25) is 0 Å². The molecular weight excluding hydrogens is 296 g/mol. The zero-order valence-corrected chi connectivity index (χ0v) is 15.0. The molecule has 0 unspecified atom stereocenters. The van der Waals surface area contributed by atoms with Gasteiger partial charge in [0, 0.05) is 6.54 Å². The van der Waals surface area contributed by atoms with E-state index in [9.17, 15) is 0 Å². The van der Waals surface area contributed by atoms with E-state index in [0.29, 0.717) is 12.5 Å². The molecule has 3 rings (SSSR count). The molecule has 0 saturated carbocycles. The minimum Gasteiger partial charge on any atom is -0.494 e. The van der Waals surface area contributed by atoms with Crippen LogP contribution in [0, 0.1) is 13.8 Å². The van der Waals surface area contributed by atoms with Gasteiger partial charge < -0.3 is 9.30 Å². The van der Waals surface area contributed by atoms with Gasteiger partial charge in [-0.15, -0.1) is 0 Å². The Kier molecular flexibility index (Phi) is 4.89. The third-order valence-electron chi connectivity index (χ3n) is 4.60. The Labute approximate surface area is 144 Å². The molecule has 0 aliphatic rings.